The summed E-state index contributed by atoms with van der Waals surface area (Å²) in [6.45, 7) is 15.3. The summed E-state index contributed by atoms with van der Waals surface area (Å²) in [7, 11) is 0. The Kier molecular flexibility index (Phi) is 7.13. The van der Waals surface area contributed by atoms with Crippen molar-refractivity contribution >= 4 is 5.57 Å². The quantitative estimate of drug-likeness (QED) is 0.541. The van der Waals surface area contributed by atoms with Gasteiger partial charge in [0, 0.05) is 18.1 Å². The van der Waals surface area contributed by atoms with Crippen LogP contribution in [0.1, 0.15) is 25.5 Å². The standard InChI is InChI=1S/C22H22FN.CH4/c1-6-8-9-21(20-11-10-17(4)24(7-2)15-20)18(5)19-12-13-22(23)16(3)14-19;/h6-15H,1-2,4H2,3,5H3;1H4/b9-8-,21-18-;. The molecule has 1 aromatic rings. The molecule has 0 atom stereocenters. The Labute approximate surface area is 151 Å². The molecule has 0 aliphatic carbocycles. The number of benzene rings is 1. The average Bonchev–Trinajstić information content (AvgIpc) is 2.58. The van der Waals surface area contributed by atoms with Gasteiger partial charge in [0.1, 0.15) is 5.82 Å². The molecule has 25 heavy (non-hydrogen) atoms. The van der Waals surface area contributed by atoms with Gasteiger partial charge in [-0.3, -0.25) is 0 Å². The zero-order valence-corrected chi connectivity index (χ0v) is 14.2. The van der Waals surface area contributed by atoms with E-state index in [4.69, 9.17) is 0 Å². The molecule has 130 valence electrons. The van der Waals surface area contributed by atoms with Gasteiger partial charge in [0.2, 0.25) is 0 Å². The molecular weight excluding hydrogens is 309 g/mol. The number of hydrogen-bond donors (Lipinski definition) is 0. The summed E-state index contributed by atoms with van der Waals surface area (Å²) in [4.78, 5) is 1.88. The zero-order chi connectivity index (χ0) is 17.7. The highest BCUT2D eigenvalue weighted by molar-refractivity contribution is 5.76. The fraction of sp³-hybridized carbons (Fsp3) is 0.130. The highest BCUT2D eigenvalue weighted by Gasteiger charge is 2.12. The smallest absolute Gasteiger partial charge is 0.126 e. The molecule has 1 aliphatic rings. The third kappa shape index (κ3) is 4.57. The predicted octanol–water partition coefficient (Wildman–Crippen LogP) is 6.70. The van der Waals surface area contributed by atoms with Gasteiger partial charge in [0.05, 0.1) is 0 Å². The van der Waals surface area contributed by atoms with Crippen LogP contribution in [0.15, 0.2) is 97.6 Å². The molecule has 0 unspecified atom stereocenters. The summed E-state index contributed by atoms with van der Waals surface area (Å²) < 4.78 is 13.6. The van der Waals surface area contributed by atoms with Crippen LogP contribution in [0.2, 0.25) is 0 Å². The Morgan fingerprint density at radius 1 is 1.20 bits per heavy atom. The number of aryl methyl sites for hydroxylation is 1. The molecule has 0 aromatic heterocycles. The molecule has 0 saturated heterocycles. The molecule has 0 spiro atoms. The van der Waals surface area contributed by atoms with Gasteiger partial charge in [-0.2, -0.15) is 0 Å². The third-order valence-electron chi connectivity index (χ3n) is 3.97. The highest BCUT2D eigenvalue weighted by atomic mass is 19.1. The Hall–Kier alpha value is -2.87. The molecule has 0 radical (unpaired) electrons. The predicted molar refractivity (Wildman–Crippen MR) is 108 cm³/mol. The topological polar surface area (TPSA) is 3.24 Å². The largest absolute Gasteiger partial charge is 0.324 e. The van der Waals surface area contributed by atoms with Crippen LogP contribution in [0.4, 0.5) is 4.39 Å². The van der Waals surface area contributed by atoms with Crippen molar-refractivity contribution in [3.8, 4) is 0 Å². The maximum absolute atomic E-state index is 13.6. The molecule has 0 bridgehead atoms. The van der Waals surface area contributed by atoms with Crippen molar-refractivity contribution in [1.29, 1.82) is 0 Å². The van der Waals surface area contributed by atoms with Crippen LogP contribution in [0.3, 0.4) is 0 Å². The van der Waals surface area contributed by atoms with Crippen LogP contribution >= 0.6 is 0 Å². The van der Waals surface area contributed by atoms with Gasteiger partial charge < -0.3 is 4.90 Å². The van der Waals surface area contributed by atoms with E-state index >= 15 is 0 Å². The van der Waals surface area contributed by atoms with Crippen LogP contribution in [0.5, 0.6) is 0 Å². The molecule has 0 saturated carbocycles. The van der Waals surface area contributed by atoms with Crippen LogP contribution in [0, 0.1) is 12.7 Å². The molecule has 0 fully saturated rings. The van der Waals surface area contributed by atoms with Crippen molar-refractivity contribution in [2.45, 2.75) is 21.3 Å². The minimum absolute atomic E-state index is 0. The minimum atomic E-state index is -0.194. The highest BCUT2D eigenvalue weighted by Crippen LogP contribution is 2.29. The summed E-state index contributed by atoms with van der Waals surface area (Å²) in [6, 6.07) is 5.17. The lowest BCUT2D eigenvalue weighted by molar-refractivity contribution is 0.618. The van der Waals surface area contributed by atoms with Crippen LogP contribution < -0.4 is 0 Å². The summed E-state index contributed by atoms with van der Waals surface area (Å²) in [5.41, 5.74) is 5.60. The van der Waals surface area contributed by atoms with E-state index in [0.717, 1.165) is 28.0 Å². The Bertz CT molecular complexity index is 803. The van der Waals surface area contributed by atoms with Crippen LogP contribution in [0.25, 0.3) is 5.57 Å². The third-order valence-corrected chi connectivity index (χ3v) is 3.97. The summed E-state index contributed by atoms with van der Waals surface area (Å²) in [5, 5.41) is 0. The van der Waals surface area contributed by atoms with Crippen LogP contribution in [-0.2, 0) is 0 Å². The second-order valence-corrected chi connectivity index (χ2v) is 5.60. The average molecular weight is 335 g/mol. The zero-order valence-electron chi connectivity index (χ0n) is 14.2. The van der Waals surface area contributed by atoms with E-state index in [-0.39, 0.29) is 13.2 Å². The van der Waals surface area contributed by atoms with Gasteiger partial charge in [-0.05, 0) is 59.9 Å². The van der Waals surface area contributed by atoms with E-state index in [1.807, 2.05) is 48.4 Å². The van der Waals surface area contributed by atoms with E-state index in [2.05, 4.69) is 19.7 Å². The van der Waals surface area contributed by atoms with E-state index in [1.165, 1.54) is 6.07 Å². The van der Waals surface area contributed by atoms with Crippen molar-refractivity contribution in [1.82, 2.24) is 4.90 Å². The first-order valence-corrected chi connectivity index (χ1v) is 7.74. The van der Waals surface area contributed by atoms with E-state index in [0.29, 0.717) is 5.56 Å². The lowest BCUT2D eigenvalue weighted by Gasteiger charge is -2.22. The van der Waals surface area contributed by atoms with E-state index < -0.39 is 0 Å². The monoisotopic (exact) mass is 335 g/mol. The van der Waals surface area contributed by atoms with Crippen molar-refractivity contribution in [2.75, 3.05) is 0 Å². The molecule has 1 aliphatic heterocycles. The molecule has 1 aromatic carbocycles. The van der Waals surface area contributed by atoms with E-state index in [9.17, 15) is 4.39 Å². The molecule has 2 heteroatoms. The van der Waals surface area contributed by atoms with Gasteiger partial charge in [0.15, 0.2) is 0 Å². The fourth-order valence-corrected chi connectivity index (χ4v) is 2.51. The summed E-state index contributed by atoms with van der Waals surface area (Å²) in [6.07, 6.45) is 13.3. The van der Waals surface area contributed by atoms with Gasteiger partial charge in [-0.15, -0.1) is 0 Å². The van der Waals surface area contributed by atoms with Crippen molar-refractivity contribution < 1.29 is 4.39 Å². The molecule has 0 N–H and O–H groups in total. The maximum atomic E-state index is 13.6. The van der Waals surface area contributed by atoms with Gasteiger partial charge in [-0.25, -0.2) is 4.39 Å². The number of allylic oxidation sites excluding steroid dienone is 8. The van der Waals surface area contributed by atoms with Gasteiger partial charge in [-0.1, -0.05) is 57.5 Å². The first-order valence-electron chi connectivity index (χ1n) is 7.74. The second kappa shape index (κ2) is 8.84. The van der Waals surface area contributed by atoms with Crippen molar-refractivity contribution in [2.24, 2.45) is 0 Å². The first kappa shape index (κ1) is 20.2. The summed E-state index contributed by atoms with van der Waals surface area (Å²) >= 11 is 0. The lowest BCUT2D eigenvalue weighted by atomic mass is 9.93. The number of nitrogens with zero attached hydrogens (tertiary/aromatic N) is 1. The maximum Gasteiger partial charge on any atom is 0.126 e. The van der Waals surface area contributed by atoms with Gasteiger partial charge in [0.25, 0.3) is 0 Å². The van der Waals surface area contributed by atoms with Crippen molar-refractivity contribution in [3.05, 3.63) is 115 Å². The molecule has 1 nitrogen and oxygen atoms in total. The second-order valence-electron chi connectivity index (χ2n) is 5.60. The summed E-state index contributed by atoms with van der Waals surface area (Å²) in [5.74, 6) is -0.194. The SMILES string of the molecule is C.C=C/C=C\C(C1=CN(C=C)C(=C)C=C1)=C(/C)c1ccc(F)c(C)c1. The minimum Gasteiger partial charge on any atom is -0.324 e. The van der Waals surface area contributed by atoms with Crippen molar-refractivity contribution in [3.63, 3.8) is 0 Å². The Morgan fingerprint density at radius 2 is 1.92 bits per heavy atom. The number of hydrogen-bond acceptors (Lipinski definition) is 1. The van der Waals surface area contributed by atoms with E-state index in [1.54, 1.807) is 25.3 Å². The Balaban J connectivity index is 0.00000312. The first-order chi connectivity index (χ1) is 11.5. The lowest BCUT2D eigenvalue weighted by Crippen LogP contribution is -2.11. The molecule has 1 heterocycles. The van der Waals surface area contributed by atoms with Gasteiger partial charge >= 0.3 is 0 Å². The normalized spacial score (nSPS) is 14.8. The molecule has 0 amide bonds. The van der Waals surface area contributed by atoms with Crippen LogP contribution in [-0.4, -0.2) is 4.90 Å². The Morgan fingerprint density at radius 3 is 2.52 bits per heavy atom. The fourth-order valence-electron chi connectivity index (χ4n) is 2.51. The number of rotatable bonds is 5. The number of halogens is 1. The molecule has 2 rings (SSSR count). The molecular formula is C23H26FN.